The number of carbonyl (C=O) groups is 1. The van der Waals surface area contributed by atoms with Crippen LogP contribution in [0.1, 0.15) is 23.0 Å². The van der Waals surface area contributed by atoms with Crippen molar-refractivity contribution in [2.75, 3.05) is 12.9 Å². The molecule has 2 rings (SSSR count). The van der Waals surface area contributed by atoms with Crippen molar-refractivity contribution >= 4 is 29.3 Å². The van der Waals surface area contributed by atoms with Crippen LogP contribution in [0.3, 0.4) is 0 Å². The van der Waals surface area contributed by atoms with Crippen molar-refractivity contribution < 1.29 is 9.53 Å². The van der Waals surface area contributed by atoms with E-state index in [1.54, 1.807) is 12.4 Å². The predicted molar refractivity (Wildman–Crippen MR) is 87.0 cm³/mol. The van der Waals surface area contributed by atoms with Crippen molar-refractivity contribution in [3.63, 3.8) is 0 Å². The molecule has 0 N–H and O–H groups in total. The van der Waals surface area contributed by atoms with Crippen LogP contribution in [0.15, 0.2) is 30.2 Å². The predicted octanol–water partition coefficient (Wildman–Crippen LogP) is 3.09. The van der Waals surface area contributed by atoms with E-state index < -0.39 is 5.97 Å². The van der Waals surface area contributed by atoms with E-state index in [1.807, 2.05) is 19.3 Å². The van der Waals surface area contributed by atoms with Gasteiger partial charge in [-0.2, -0.15) is 0 Å². The highest BCUT2D eigenvalue weighted by molar-refractivity contribution is 7.98. The molecule has 22 heavy (non-hydrogen) atoms. The van der Waals surface area contributed by atoms with Crippen molar-refractivity contribution in [3.05, 3.63) is 29.9 Å². The van der Waals surface area contributed by atoms with Crippen molar-refractivity contribution in [1.82, 2.24) is 19.6 Å². The second kappa shape index (κ2) is 8.00. The summed E-state index contributed by atoms with van der Waals surface area (Å²) in [5.74, 6) is -0.116. The molecule has 0 saturated carbocycles. The highest BCUT2D eigenvalue weighted by atomic mass is 32.2. The molecule has 0 amide bonds. The summed E-state index contributed by atoms with van der Waals surface area (Å²) in [6.45, 7) is 6.06. The average Bonchev–Trinajstić information content (AvgIpc) is 3.04. The van der Waals surface area contributed by atoms with Gasteiger partial charge in [-0.15, -0.1) is 11.7 Å². The lowest BCUT2D eigenvalue weighted by Gasteiger charge is -2.06. The van der Waals surface area contributed by atoms with Gasteiger partial charge in [-0.25, -0.2) is 14.8 Å². The maximum Gasteiger partial charge on any atom is 0.352 e. The first kappa shape index (κ1) is 16.6. The van der Waals surface area contributed by atoms with Crippen LogP contribution >= 0.6 is 23.3 Å². The molecule has 0 aliphatic heterocycles. The van der Waals surface area contributed by atoms with Crippen molar-refractivity contribution in [3.8, 4) is 11.3 Å². The number of hydrogen-bond donors (Lipinski definition) is 0. The standard InChI is InChI=1S/C14H16N4O2S2/c1-4-9(2)5-6-20-13(19)12-11(17-18-22-12)10-7-15-14(21-3)16-8-10/h4,7-9H,1,5-6H2,2-3H3/t9-/m1/s1. The van der Waals surface area contributed by atoms with Crippen LogP contribution in [0.25, 0.3) is 11.3 Å². The largest absolute Gasteiger partial charge is 0.461 e. The molecular weight excluding hydrogens is 320 g/mol. The highest BCUT2D eigenvalue weighted by Gasteiger charge is 2.20. The van der Waals surface area contributed by atoms with E-state index in [1.165, 1.54) is 11.8 Å². The second-order valence-electron chi connectivity index (χ2n) is 4.55. The van der Waals surface area contributed by atoms with Crippen molar-refractivity contribution in [1.29, 1.82) is 0 Å². The summed E-state index contributed by atoms with van der Waals surface area (Å²) < 4.78 is 9.10. The fraction of sp³-hybridized carbons (Fsp3) is 0.357. The number of ether oxygens (including phenoxy) is 1. The Morgan fingerprint density at radius 1 is 1.50 bits per heavy atom. The molecule has 0 fully saturated rings. The molecule has 0 bridgehead atoms. The molecule has 0 radical (unpaired) electrons. The molecule has 2 aromatic rings. The minimum Gasteiger partial charge on any atom is -0.461 e. The fourth-order valence-electron chi connectivity index (χ4n) is 1.58. The zero-order valence-electron chi connectivity index (χ0n) is 12.4. The van der Waals surface area contributed by atoms with Gasteiger partial charge >= 0.3 is 5.97 Å². The summed E-state index contributed by atoms with van der Waals surface area (Å²) in [5, 5.41) is 4.65. The quantitative estimate of drug-likeness (QED) is 0.333. The van der Waals surface area contributed by atoms with Gasteiger partial charge in [0, 0.05) is 18.0 Å². The lowest BCUT2D eigenvalue weighted by Crippen LogP contribution is -2.08. The lowest BCUT2D eigenvalue weighted by atomic mass is 10.1. The van der Waals surface area contributed by atoms with E-state index >= 15 is 0 Å². The number of rotatable bonds is 7. The normalized spacial score (nSPS) is 11.9. The van der Waals surface area contributed by atoms with Gasteiger partial charge in [-0.05, 0) is 30.1 Å². The van der Waals surface area contributed by atoms with Gasteiger partial charge in [0.2, 0.25) is 0 Å². The van der Waals surface area contributed by atoms with Gasteiger partial charge in [0.1, 0.15) is 5.69 Å². The van der Waals surface area contributed by atoms with Gasteiger partial charge in [-0.1, -0.05) is 29.2 Å². The van der Waals surface area contributed by atoms with E-state index in [0.717, 1.165) is 18.0 Å². The first-order valence-electron chi connectivity index (χ1n) is 6.64. The summed E-state index contributed by atoms with van der Waals surface area (Å²) in [6, 6.07) is 0. The summed E-state index contributed by atoms with van der Waals surface area (Å²) in [7, 11) is 0. The molecule has 0 saturated heterocycles. The third-order valence-electron chi connectivity index (χ3n) is 2.97. The SMILES string of the molecule is C=C[C@@H](C)CCOC(=O)c1snnc1-c1cnc(SC)nc1. The minimum atomic E-state index is -0.421. The first-order valence-corrected chi connectivity index (χ1v) is 8.64. The van der Waals surface area contributed by atoms with E-state index in [-0.39, 0.29) is 0 Å². The van der Waals surface area contributed by atoms with Crippen LogP contribution in [0.2, 0.25) is 0 Å². The van der Waals surface area contributed by atoms with Gasteiger partial charge in [0.05, 0.1) is 6.61 Å². The number of allylic oxidation sites excluding steroid dienone is 1. The minimum absolute atomic E-state index is 0.305. The number of thioether (sulfide) groups is 1. The topological polar surface area (TPSA) is 77.9 Å². The first-order chi connectivity index (χ1) is 10.7. The van der Waals surface area contributed by atoms with Crippen LogP contribution < -0.4 is 0 Å². The molecule has 0 aromatic carbocycles. The Morgan fingerprint density at radius 3 is 2.86 bits per heavy atom. The number of esters is 1. The molecular formula is C14H16N4O2S2. The number of aromatic nitrogens is 4. The summed E-state index contributed by atoms with van der Waals surface area (Å²) in [4.78, 5) is 20.8. The molecule has 0 aliphatic carbocycles. The van der Waals surface area contributed by atoms with Crippen LogP contribution in [-0.4, -0.2) is 38.4 Å². The molecule has 8 heteroatoms. The highest BCUT2D eigenvalue weighted by Crippen LogP contribution is 2.24. The van der Waals surface area contributed by atoms with E-state index in [4.69, 9.17) is 4.74 Å². The second-order valence-corrected chi connectivity index (χ2v) is 6.07. The van der Waals surface area contributed by atoms with Gasteiger partial charge in [0.15, 0.2) is 10.0 Å². The Morgan fingerprint density at radius 2 is 2.23 bits per heavy atom. The van der Waals surface area contributed by atoms with Gasteiger partial charge < -0.3 is 4.74 Å². The van der Waals surface area contributed by atoms with Crippen LogP contribution in [0.5, 0.6) is 0 Å². The van der Waals surface area contributed by atoms with Crippen LogP contribution in [0, 0.1) is 5.92 Å². The maximum atomic E-state index is 12.1. The summed E-state index contributed by atoms with van der Waals surface area (Å²) in [6.07, 6.45) is 7.73. The molecule has 116 valence electrons. The van der Waals surface area contributed by atoms with Crippen molar-refractivity contribution in [2.45, 2.75) is 18.5 Å². The average molecular weight is 336 g/mol. The Hall–Kier alpha value is -1.80. The zero-order chi connectivity index (χ0) is 15.9. The van der Waals surface area contributed by atoms with Crippen LogP contribution in [0.4, 0.5) is 0 Å². The van der Waals surface area contributed by atoms with E-state index in [2.05, 4.69) is 26.1 Å². The monoisotopic (exact) mass is 336 g/mol. The molecule has 0 aliphatic rings. The maximum absolute atomic E-state index is 12.1. The van der Waals surface area contributed by atoms with Crippen molar-refractivity contribution in [2.24, 2.45) is 5.92 Å². The summed E-state index contributed by atoms with van der Waals surface area (Å²) >= 11 is 2.46. The number of carbonyl (C=O) groups excluding carboxylic acids is 1. The Labute approximate surface area is 137 Å². The van der Waals surface area contributed by atoms with E-state index in [9.17, 15) is 4.79 Å². The van der Waals surface area contributed by atoms with Gasteiger partial charge in [-0.3, -0.25) is 0 Å². The van der Waals surface area contributed by atoms with Crippen LogP contribution in [-0.2, 0) is 4.74 Å². The van der Waals surface area contributed by atoms with E-state index in [0.29, 0.717) is 33.8 Å². The molecule has 2 heterocycles. The molecule has 0 spiro atoms. The Bertz CT molecular complexity index is 643. The molecule has 2 aromatic heterocycles. The molecule has 0 unspecified atom stereocenters. The molecule has 1 atom stereocenters. The summed E-state index contributed by atoms with van der Waals surface area (Å²) in [5.41, 5.74) is 1.11. The fourth-order valence-corrected chi connectivity index (χ4v) is 2.48. The number of nitrogens with zero attached hydrogens (tertiary/aromatic N) is 4. The third kappa shape index (κ3) is 4.11. The van der Waals surface area contributed by atoms with Gasteiger partial charge in [0.25, 0.3) is 0 Å². The Balaban J connectivity index is 2.07. The third-order valence-corrected chi connectivity index (χ3v) is 4.25. The molecule has 6 nitrogen and oxygen atoms in total. The number of hydrogen-bond acceptors (Lipinski definition) is 8. The lowest BCUT2D eigenvalue weighted by molar-refractivity contribution is 0.0498. The Kier molecular flexibility index (Phi) is 6.02. The zero-order valence-corrected chi connectivity index (χ0v) is 14.0. The smallest absolute Gasteiger partial charge is 0.352 e.